The average molecular weight is 264 g/mol. The highest BCUT2D eigenvalue weighted by Gasteiger charge is 2.17. The second-order valence-electron chi connectivity index (χ2n) is 4.70. The van der Waals surface area contributed by atoms with Gasteiger partial charge in [0.15, 0.2) is 0 Å². The van der Waals surface area contributed by atoms with Crippen LogP contribution in [0.2, 0.25) is 0 Å². The molecule has 1 aromatic carbocycles. The van der Waals surface area contributed by atoms with E-state index in [-0.39, 0.29) is 11.8 Å². The quantitative estimate of drug-likeness (QED) is 0.751. The lowest BCUT2D eigenvalue weighted by atomic mass is 9.93. The fourth-order valence-corrected chi connectivity index (χ4v) is 2.49. The maximum Gasteiger partial charge on any atom is 0.237 e. The zero-order valence-electron chi connectivity index (χ0n) is 10.9. The second-order valence-corrected chi connectivity index (χ2v) is 4.97. The summed E-state index contributed by atoms with van der Waals surface area (Å²) in [5, 5.41) is 0. The number of hydrogen-bond donors (Lipinski definition) is 0. The van der Waals surface area contributed by atoms with E-state index in [4.69, 9.17) is 11.6 Å². The topological polar surface area (TPSA) is 20.3 Å². The Kier molecular flexibility index (Phi) is 4.07. The van der Waals surface area contributed by atoms with Crippen LogP contribution in [-0.4, -0.2) is 29.8 Å². The SMILES string of the molecule is Cc1cccc(C2=CCN(C(=O)CCl)CC2)c1C. The number of rotatable bonds is 2. The monoisotopic (exact) mass is 263 g/mol. The van der Waals surface area contributed by atoms with E-state index in [1.165, 1.54) is 22.3 Å². The number of benzene rings is 1. The predicted molar refractivity (Wildman–Crippen MR) is 75.8 cm³/mol. The molecule has 0 saturated carbocycles. The molecule has 1 aliphatic heterocycles. The van der Waals surface area contributed by atoms with Crippen molar-refractivity contribution in [2.24, 2.45) is 0 Å². The molecule has 0 N–H and O–H groups in total. The molecule has 0 spiro atoms. The Morgan fingerprint density at radius 3 is 2.78 bits per heavy atom. The molecule has 2 rings (SSSR count). The van der Waals surface area contributed by atoms with Gasteiger partial charge in [-0.05, 0) is 42.5 Å². The number of hydrogen-bond acceptors (Lipinski definition) is 1. The molecule has 0 saturated heterocycles. The van der Waals surface area contributed by atoms with Crippen LogP contribution >= 0.6 is 11.6 Å². The Balaban J connectivity index is 2.19. The Morgan fingerprint density at radius 2 is 2.17 bits per heavy atom. The summed E-state index contributed by atoms with van der Waals surface area (Å²) in [6.07, 6.45) is 3.06. The summed E-state index contributed by atoms with van der Waals surface area (Å²) in [5.41, 5.74) is 5.30. The molecular weight excluding hydrogens is 246 g/mol. The molecule has 0 unspecified atom stereocenters. The second kappa shape index (κ2) is 5.57. The minimum absolute atomic E-state index is 0.0212. The summed E-state index contributed by atoms with van der Waals surface area (Å²) in [5.74, 6) is 0.0973. The standard InChI is InChI=1S/C15H18ClNO/c1-11-4-3-5-14(12(11)2)13-6-8-17(9-7-13)15(18)10-16/h3-6H,7-10H2,1-2H3. The first-order valence-electron chi connectivity index (χ1n) is 6.23. The number of alkyl halides is 1. The number of amides is 1. The third-order valence-corrected chi connectivity index (χ3v) is 3.86. The summed E-state index contributed by atoms with van der Waals surface area (Å²) in [6, 6.07) is 6.38. The molecule has 0 aromatic heterocycles. The van der Waals surface area contributed by atoms with E-state index < -0.39 is 0 Å². The molecule has 18 heavy (non-hydrogen) atoms. The Labute approximate surface area is 113 Å². The van der Waals surface area contributed by atoms with Crippen LogP contribution in [0.25, 0.3) is 5.57 Å². The van der Waals surface area contributed by atoms with Gasteiger partial charge in [0.1, 0.15) is 5.88 Å². The van der Waals surface area contributed by atoms with Gasteiger partial charge in [-0.3, -0.25) is 4.79 Å². The molecule has 0 aliphatic carbocycles. The summed E-state index contributed by atoms with van der Waals surface area (Å²) in [6.45, 7) is 5.73. The highest BCUT2D eigenvalue weighted by atomic mass is 35.5. The highest BCUT2D eigenvalue weighted by molar-refractivity contribution is 6.27. The first-order valence-corrected chi connectivity index (χ1v) is 6.76. The van der Waals surface area contributed by atoms with Crippen LogP contribution in [0.4, 0.5) is 0 Å². The summed E-state index contributed by atoms with van der Waals surface area (Å²) in [7, 11) is 0. The van der Waals surface area contributed by atoms with E-state index in [9.17, 15) is 4.79 Å². The fourth-order valence-electron chi connectivity index (χ4n) is 2.32. The van der Waals surface area contributed by atoms with Crippen molar-refractivity contribution in [1.29, 1.82) is 0 Å². The van der Waals surface area contributed by atoms with Crippen LogP contribution in [-0.2, 0) is 4.79 Å². The fraction of sp³-hybridized carbons (Fsp3) is 0.400. The predicted octanol–water partition coefficient (Wildman–Crippen LogP) is 3.16. The molecule has 1 heterocycles. The van der Waals surface area contributed by atoms with Crippen LogP contribution in [0.15, 0.2) is 24.3 Å². The molecule has 1 aromatic rings. The van der Waals surface area contributed by atoms with Gasteiger partial charge in [0.2, 0.25) is 5.91 Å². The van der Waals surface area contributed by atoms with E-state index >= 15 is 0 Å². The molecule has 0 radical (unpaired) electrons. The normalized spacial score (nSPS) is 15.5. The van der Waals surface area contributed by atoms with Gasteiger partial charge in [0.05, 0.1) is 0 Å². The molecule has 1 aliphatic rings. The lowest BCUT2D eigenvalue weighted by Crippen LogP contribution is -2.35. The van der Waals surface area contributed by atoms with Crippen LogP contribution in [0.1, 0.15) is 23.1 Å². The van der Waals surface area contributed by atoms with E-state index in [1.54, 1.807) is 0 Å². The van der Waals surface area contributed by atoms with Crippen LogP contribution in [0.5, 0.6) is 0 Å². The maximum atomic E-state index is 11.5. The van der Waals surface area contributed by atoms with Gasteiger partial charge in [0.25, 0.3) is 0 Å². The van der Waals surface area contributed by atoms with Crippen molar-refractivity contribution in [2.45, 2.75) is 20.3 Å². The first kappa shape index (κ1) is 13.2. The molecular formula is C15H18ClNO. The molecule has 0 bridgehead atoms. The summed E-state index contributed by atoms with van der Waals surface area (Å²) < 4.78 is 0. The van der Waals surface area contributed by atoms with Crippen LogP contribution < -0.4 is 0 Å². The van der Waals surface area contributed by atoms with Crippen molar-refractivity contribution < 1.29 is 4.79 Å². The minimum atomic E-state index is 0.0212. The molecule has 0 fully saturated rings. The first-order chi connectivity index (χ1) is 8.63. The zero-order chi connectivity index (χ0) is 13.1. The van der Waals surface area contributed by atoms with E-state index in [2.05, 4.69) is 38.1 Å². The lowest BCUT2D eigenvalue weighted by molar-refractivity contribution is -0.128. The van der Waals surface area contributed by atoms with Gasteiger partial charge < -0.3 is 4.90 Å². The maximum absolute atomic E-state index is 11.5. The molecule has 1 amide bonds. The Morgan fingerprint density at radius 1 is 1.39 bits per heavy atom. The van der Waals surface area contributed by atoms with E-state index in [1.807, 2.05) is 4.90 Å². The van der Waals surface area contributed by atoms with Crippen molar-refractivity contribution in [3.8, 4) is 0 Å². The van der Waals surface area contributed by atoms with Crippen LogP contribution in [0.3, 0.4) is 0 Å². The van der Waals surface area contributed by atoms with Gasteiger partial charge >= 0.3 is 0 Å². The van der Waals surface area contributed by atoms with Crippen molar-refractivity contribution in [3.63, 3.8) is 0 Å². The van der Waals surface area contributed by atoms with E-state index in [0.717, 1.165) is 13.0 Å². The van der Waals surface area contributed by atoms with Crippen molar-refractivity contribution >= 4 is 23.1 Å². The number of nitrogens with zero attached hydrogens (tertiary/aromatic N) is 1. The number of halogens is 1. The summed E-state index contributed by atoms with van der Waals surface area (Å²) >= 11 is 5.57. The number of carbonyl (C=O) groups is 1. The van der Waals surface area contributed by atoms with Gasteiger partial charge in [-0.1, -0.05) is 24.3 Å². The van der Waals surface area contributed by atoms with Gasteiger partial charge in [0, 0.05) is 13.1 Å². The minimum Gasteiger partial charge on any atom is -0.338 e. The van der Waals surface area contributed by atoms with Crippen molar-refractivity contribution in [3.05, 3.63) is 41.0 Å². The Bertz CT molecular complexity index is 493. The third kappa shape index (κ3) is 2.59. The van der Waals surface area contributed by atoms with Crippen LogP contribution in [0, 0.1) is 13.8 Å². The number of aryl methyl sites for hydroxylation is 1. The van der Waals surface area contributed by atoms with Gasteiger partial charge in [-0.15, -0.1) is 11.6 Å². The Hall–Kier alpha value is -1.28. The number of carbonyl (C=O) groups excluding carboxylic acids is 1. The molecule has 0 atom stereocenters. The zero-order valence-corrected chi connectivity index (χ0v) is 11.6. The lowest BCUT2D eigenvalue weighted by Gasteiger charge is -2.26. The van der Waals surface area contributed by atoms with Gasteiger partial charge in [-0.2, -0.15) is 0 Å². The molecule has 2 nitrogen and oxygen atoms in total. The highest BCUT2D eigenvalue weighted by Crippen LogP contribution is 2.26. The molecule has 96 valence electrons. The van der Waals surface area contributed by atoms with Crippen molar-refractivity contribution in [2.75, 3.05) is 19.0 Å². The van der Waals surface area contributed by atoms with E-state index in [0.29, 0.717) is 6.54 Å². The van der Waals surface area contributed by atoms with Crippen molar-refractivity contribution in [1.82, 2.24) is 4.90 Å². The molecule has 3 heteroatoms. The van der Waals surface area contributed by atoms with Gasteiger partial charge in [-0.25, -0.2) is 0 Å². The average Bonchev–Trinajstić information content (AvgIpc) is 2.41. The largest absolute Gasteiger partial charge is 0.338 e. The smallest absolute Gasteiger partial charge is 0.237 e. The third-order valence-electron chi connectivity index (χ3n) is 3.63. The summed E-state index contributed by atoms with van der Waals surface area (Å²) in [4.78, 5) is 13.3.